The highest BCUT2D eigenvalue weighted by Crippen LogP contribution is 2.42. The summed E-state index contributed by atoms with van der Waals surface area (Å²) in [5, 5.41) is 22.8. The number of thiophene rings is 1. The molecule has 0 radical (unpaired) electrons. The molecule has 9 nitrogen and oxygen atoms in total. The van der Waals surface area contributed by atoms with Gasteiger partial charge in [0.25, 0.3) is 11.5 Å². The molecule has 1 aromatic carbocycles. The zero-order chi connectivity index (χ0) is 35.3. The molecule has 7 rings (SSSR count). The summed E-state index contributed by atoms with van der Waals surface area (Å²) in [6.45, 7) is 3.23. The molecule has 1 N–H and O–H groups in total. The molecule has 1 saturated carbocycles. The van der Waals surface area contributed by atoms with Crippen LogP contribution in [0.1, 0.15) is 52.9 Å². The highest BCUT2D eigenvalue weighted by molar-refractivity contribution is 7.18. The number of alkyl halides is 2. The number of hydrogen-bond donors (Lipinski definition) is 1. The van der Waals surface area contributed by atoms with Crippen LogP contribution in [0.5, 0.6) is 0 Å². The molecule has 0 amide bonds. The molecule has 1 aliphatic carbocycles. The Morgan fingerprint density at radius 1 is 1.18 bits per heavy atom. The number of aryl methyl sites for hydroxylation is 1. The fourth-order valence-electron chi connectivity index (χ4n) is 7.08. The number of likely N-dealkylation sites (tertiary alicyclic amines) is 1. The van der Waals surface area contributed by atoms with Crippen molar-refractivity contribution in [3.8, 4) is 29.0 Å². The van der Waals surface area contributed by atoms with Crippen LogP contribution in [0.25, 0.3) is 32.1 Å². The van der Waals surface area contributed by atoms with E-state index in [0.29, 0.717) is 56.4 Å². The molecule has 5 heterocycles. The molecular weight excluding hydrogens is 682 g/mol. The molecule has 1 aliphatic heterocycles. The molecule has 0 bridgehead atoms. The summed E-state index contributed by atoms with van der Waals surface area (Å²) in [7, 11) is 1.87. The van der Waals surface area contributed by atoms with Crippen molar-refractivity contribution in [1.82, 2.24) is 19.4 Å². The maximum Gasteiger partial charge on any atom is 0.338 e. The van der Waals surface area contributed by atoms with E-state index in [1.165, 1.54) is 15.9 Å². The fourth-order valence-corrected chi connectivity index (χ4v) is 8.28. The normalized spacial score (nSPS) is 16.5. The largest absolute Gasteiger partial charge is 0.478 e. The van der Waals surface area contributed by atoms with E-state index in [0.717, 1.165) is 18.4 Å². The molecule has 254 valence electrons. The molecule has 5 aromatic rings. The molecule has 50 heavy (non-hydrogen) atoms. The van der Waals surface area contributed by atoms with Gasteiger partial charge in [-0.2, -0.15) is 5.26 Å². The standard InChI is InChI=1S/C37H31ClF2N6O3S/c1-21-14-23-19-43-34(44(2)25-8-12-45(13-9-25)26-16-37(39,40)17-26)29(18-41)31(23)35(47)46(21)11-3-4-22-5-6-24(38)15-28(22)27-7-10-42-32-30(36(48)49)20-50-33(27)32/h5-7,10,14-15,19-20,25-26H,8-9,11-13,16-17H2,1-2H3,(H,48,49). The summed E-state index contributed by atoms with van der Waals surface area (Å²) in [4.78, 5) is 38.7. The first kappa shape index (κ1) is 33.6. The van der Waals surface area contributed by atoms with Crippen molar-refractivity contribution < 1.29 is 18.7 Å². The van der Waals surface area contributed by atoms with Crippen molar-refractivity contribution in [3.05, 3.63) is 85.9 Å². The Balaban J connectivity index is 1.18. The van der Waals surface area contributed by atoms with Crippen LogP contribution in [0.2, 0.25) is 5.02 Å². The molecule has 2 aliphatic rings. The number of rotatable bonds is 6. The summed E-state index contributed by atoms with van der Waals surface area (Å²) in [5.74, 6) is 3.10. The number of halogens is 3. The van der Waals surface area contributed by atoms with Gasteiger partial charge in [-0.1, -0.05) is 23.4 Å². The first-order chi connectivity index (χ1) is 24.0. The average Bonchev–Trinajstić information content (AvgIpc) is 3.53. The van der Waals surface area contributed by atoms with E-state index in [1.807, 2.05) is 18.0 Å². The monoisotopic (exact) mass is 712 g/mol. The number of carbonyl (C=O) groups is 1. The van der Waals surface area contributed by atoms with Gasteiger partial charge in [-0.3, -0.25) is 14.7 Å². The summed E-state index contributed by atoms with van der Waals surface area (Å²) in [5.41, 5.74) is 3.10. The number of aromatic carboxylic acids is 1. The minimum absolute atomic E-state index is 0.0440. The lowest BCUT2D eigenvalue weighted by Gasteiger charge is -2.46. The summed E-state index contributed by atoms with van der Waals surface area (Å²) in [6, 6.07) is 11.1. The van der Waals surface area contributed by atoms with Crippen LogP contribution in [-0.2, 0) is 6.54 Å². The lowest BCUT2D eigenvalue weighted by atomic mass is 9.85. The number of benzene rings is 1. The maximum atomic E-state index is 14.0. The second-order valence-corrected chi connectivity index (χ2v) is 14.2. The number of pyridine rings is 3. The average molecular weight is 713 g/mol. The molecule has 0 spiro atoms. The quantitative estimate of drug-likeness (QED) is 0.188. The lowest BCUT2D eigenvalue weighted by Crippen LogP contribution is -2.55. The SMILES string of the molecule is Cc1cc2cnc(N(C)C3CCN(C4CC(F)(F)C4)CC3)c(C#N)c2c(=O)n1CC#Cc1ccc(Cl)cc1-c1ccnc2c(C(=O)O)csc12. The zero-order valence-corrected chi connectivity index (χ0v) is 28.8. The Kier molecular flexibility index (Phi) is 8.81. The van der Waals surface area contributed by atoms with Gasteiger partial charge >= 0.3 is 5.97 Å². The number of hydrogen-bond acceptors (Lipinski definition) is 8. The third-order valence-corrected chi connectivity index (χ3v) is 11.1. The second kappa shape index (κ2) is 13.1. The summed E-state index contributed by atoms with van der Waals surface area (Å²) in [6.07, 6.45) is 4.47. The lowest BCUT2D eigenvalue weighted by molar-refractivity contribution is -0.127. The van der Waals surface area contributed by atoms with Crippen LogP contribution in [0.3, 0.4) is 0 Å². The predicted octanol–water partition coefficient (Wildman–Crippen LogP) is 6.95. The van der Waals surface area contributed by atoms with Crippen LogP contribution in [-0.4, -0.2) is 68.7 Å². The highest BCUT2D eigenvalue weighted by Gasteiger charge is 2.48. The third-order valence-electron chi connectivity index (χ3n) is 9.83. The van der Waals surface area contributed by atoms with E-state index >= 15 is 0 Å². The predicted molar refractivity (Wildman–Crippen MR) is 190 cm³/mol. The first-order valence-electron chi connectivity index (χ1n) is 16.1. The van der Waals surface area contributed by atoms with Crippen LogP contribution < -0.4 is 10.5 Å². The second-order valence-electron chi connectivity index (χ2n) is 12.9. The number of fused-ring (bicyclic) bond motifs is 2. The molecular formula is C37H31ClF2N6O3S. The molecule has 13 heteroatoms. The van der Waals surface area contributed by atoms with Gasteiger partial charge in [-0.15, -0.1) is 11.3 Å². The van der Waals surface area contributed by atoms with E-state index in [9.17, 15) is 28.7 Å². The minimum atomic E-state index is -2.56. The molecule has 0 unspecified atom stereocenters. The van der Waals surface area contributed by atoms with Gasteiger partial charge in [0.05, 0.1) is 27.7 Å². The van der Waals surface area contributed by atoms with Crippen molar-refractivity contribution in [1.29, 1.82) is 5.26 Å². The van der Waals surface area contributed by atoms with E-state index in [2.05, 4.69) is 32.8 Å². The van der Waals surface area contributed by atoms with Crippen molar-refractivity contribution >= 4 is 55.7 Å². The maximum absolute atomic E-state index is 14.0. The van der Waals surface area contributed by atoms with E-state index in [1.54, 1.807) is 49.0 Å². The molecule has 1 saturated heterocycles. The van der Waals surface area contributed by atoms with E-state index < -0.39 is 11.9 Å². The van der Waals surface area contributed by atoms with E-state index in [4.69, 9.17) is 11.6 Å². The smallest absolute Gasteiger partial charge is 0.338 e. The van der Waals surface area contributed by atoms with Crippen LogP contribution in [0.4, 0.5) is 14.6 Å². The van der Waals surface area contributed by atoms with Gasteiger partial charge in [0.15, 0.2) is 0 Å². The van der Waals surface area contributed by atoms with Crippen LogP contribution >= 0.6 is 22.9 Å². The zero-order valence-electron chi connectivity index (χ0n) is 27.2. The number of aromatic nitrogens is 3. The number of anilines is 1. The Bertz CT molecular complexity index is 2340. The highest BCUT2D eigenvalue weighted by atomic mass is 35.5. The minimum Gasteiger partial charge on any atom is -0.478 e. The van der Waals surface area contributed by atoms with Crippen LogP contribution in [0.15, 0.2) is 52.9 Å². The number of piperidine rings is 1. The Morgan fingerprint density at radius 3 is 2.64 bits per heavy atom. The van der Waals surface area contributed by atoms with Gasteiger partial charge in [-0.25, -0.2) is 18.6 Å². The number of carboxylic acid groups (broad SMARTS) is 1. The number of nitrogens with zero attached hydrogens (tertiary/aromatic N) is 6. The van der Waals surface area contributed by atoms with Crippen molar-refractivity contribution in [2.45, 2.75) is 57.2 Å². The number of carboxylic acids is 1. The van der Waals surface area contributed by atoms with Gasteiger partial charge in [0.2, 0.25) is 0 Å². The number of nitriles is 1. The third kappa shape index (κ3) is 6.09. The van der Waals surface area contributed by atoms with Crippen LogP contribution in [0, 0.1) is 30.1 Å². The summed E-state index contributed by atoms with van der Waals surface area (Å²) >= 11 is 7.67. The summed E-state index contributed by atoms with van der Waals surface area (Å²) < 4.78 is 29.1. The molecule has 2 fully saturated rings. The molecule has 0 atom stereocenters. The van der Waals surface area contributed by atoms with Crippen molar-refractivity contribution in [2.75, 3.05) is 25.0 Å². The Hall–Kier alpha value is -4.88. The van der Waals surface area contributed by atoms with Gasteiger partial charge in [0.1, 0.15) is 17.5 Å². The van der Waals surface area contributed by atoms with Crippen molar-refractivity contribution in [3.63, 3.8) is 0 Å². The van der Waals surface area contributed by atoms with Gasteiger partial charge in [-0.05, 0) is 50.1 Å². The Labute approximate surface area is 295 Å². The first-order valence-corrected chi connectivity index (χ1v) is 17.4. The Morgan fingerprint density at radius 2 is 1.94 bits per heavy atom. The van der Waals surface area contributed by atoms with Gasteiger partial charge in [0, 0.05) is 95.6 Å². The topological polar surface area (TPSA) is 115 Å². The molecule has 4 aromatic heterocycles. The van der Waals surface area contributed by atoms with Crippen molar-refractivity contribution in [2.24, 2.45) is 0 Å². The van der Waals surface area contributed by atoms with E-state index in [-0.39, 0.29) is 53.5 Å². The van der Waals surface area contributed by atoms with Gasteiger partial charge < -0.3 is 14.6 Å². The fraction of sp³-hybridized carbons (Fsp3) is 0.324.